The van der Waals surface area contributed by atoms with Crippen LogP contribution in [0.1, 0.15) is 17.4 Å². The fourth-order valence-electron chi connectivity index (χ4n) is 3.14. The van der Waals surface area contributed by atoms with E-state index in [1.54, 1.807) is 6.07 Å². The lowest BCUT2D eigenvalue weighted by molar-refractivity contribution is -0.119. The van der Waals surface area contributed by atoms with Gasteiger partial charge in [-0.3, -0.25) is 19.1 Å². The molecule has 4 rings (SSSR count). The third-order valence-corrected chi connectivity index (χ3v) is 4.66. The molecule has 1 aromatic carbocycles. The van der Waals surface area contributed by atoms with Gasteiger partial charge in [-0.15, -0.1) is 0 Å². The van der Waals surface area contributed by atoms with Gasteiger partial charge in [0, 0.05) is 25.5 Å². The van der Waals surface area contributed by atoms with Crippen LogP contribution in [0.2, 0.25) is 0 Å². The normalized spacial score (nSPS) is 15.7. The van der Waals surface area contributed by atoms with Gasteiger partial charge < -0.3 is 20.4 Å². The molecule has 0 spiro atoms. The van der Waals surface area contributed by atoms with Crippen LogP contribution in [0.25, 0.3) is 5.69 Å². The van der Waals surface area contributed by atoms with E-state index in [2.05, 4.69) is 15.3 Å². The van der Waals surface area contributed by atoms with Crippen LogP contribution in [0.15, 0.2) is 43.1 Å². The number of amides is 2. The predicted octanol–water partition coefficient (Wildman–Crippen LogP) is 0.940. The highest BCUT2D eigenvalue weighted by Gasteiger charge is 2.32. The minimum Gasteiger partial charge on any atom is -0.442 e. The standard InChI is InChI=1S/C19H18FN7O4/c1-11(28)23-7-13-8-27(19(30)31-13)12-2-3-16(14(20)6-12)25-9-15(24-10-25)17(29)26-5-4-22-18(26)21/h2-6,9-10,13H,7-8H2,1H3,(H2,21,22)(H,23,28)/t13-/m0/s1. The molecule has 1 atom stereocenters. The Morgan fingerprint density at radius 2 is 2.16 bits per heavy atom. The van der Waals surface area contributed by atoms with Crippen molar-refractivity contribution in [1.82, 2.24) is 24.4 Å². The molecule has 11 nitrogen and oxygen atoms in total. The molecule has 3 aromatic rings. The Labute approximate surface area is 175 Å². The van der Waals surface area contributed by atoms with Gasteiger partial charge in [0.05, 0.1) is 24.5 Å². The third-order valence-electron chi connectivity index (χ3n) is 4.66. The van der Waals surface area contributed by atoms with E-state index in [4.69, 9.17) is 10.5 Å². The Hall–Kier alpha value is -4.22. The number of halogens is 1. The fraction of sp³-hybridized carbons (Fsp3) is 0.211. The van der Waals surface area contributed by atoms with Crippen LogP contribution in [0.3, 0.4) is 0 Å². The molecule has 2 amide bonds. The Kier molecular flexibility index (Phi) is 5.11. The summed E-state index contributed by atoms with van der Waals surface area (Å²) in [6, 6.07) is 4.20. The van der Waals surface area contributed by atoms with Crippen LogP contribution in [0.5, 0.6) is 0 Å². The summed E-state index contributed by atoms with van der Waals surface area (Å²) in [7, 11) is 0. The van der Waals surface area contributed by atoms with Crippen molar-refractivity contribution in [3.63, 3.8) is 0 Å². The van der Waals surface area contributed by atoms with Gasteiger partial charge in [-0.2, -0.15) is 0 Å². The zero-order valence-electron chi connectivity index (χ0n) is 16.4. The summed E-state index contributed by atoms with van der Waals surface area (Å²) in [5, 5.41) is 2.58. The summed E-state index contributed by atoms with van der Waals surface area (Å²) in [6.07, 6.45) is 4.29. The lowest BCUT2D eigenvalue weighted by Crippen LogP contribution is -2.33. The summed E-state index contributed by atoms with van der Waals surface area (Å²) in [5.74, 6) is -1.35. The highest BCUT2D eigenvalue weighted by molar-refractivity contribution is 5.95. The Balaban J connectivity index is 1.52. The zero-order valence-corrected chi connectivity index (χ0v) is 16.4. The number of carbonyl (C=O) groups is 3. The average Bonchev–Trinajstić information content (AvgIpc) is 3.46. The second kappa shape index (κ2) is 7.89. The summed E-state index contributed by atoms with van der Waals surface area (Å²) in [5.41, 5.74) is 6.12. The minimum absolute atomic E-state index is 0.0180. The Morgan fingerprint density at radius 3 is 2.84 bits per heavy atom. The molecule has 3 heterocycles. The molecule has 31 heavy (non-hydrogen) atoms. The summed E-state index contributed by atoms with van der Waals surface area (Å²) < 4.78 is 22.5. The topological polar surface area (TPSA) is 137 Å². The molecule has 0 aliphatic carbocycles. The molecule has 0 radical (unpaired) electrons. The maximum absolute atomic E-state index is 14.8. The number of aromatic nitrogens is 4. The van der Waals surface area contributed by atoms with Crippen LogP contribution in [-0.4, -0.2) is 56.2 Å². The van der Waals surface area contributed by atoms with E-state index in [1.807, 2.05) is 0 Å². The largest absolute Gasteiger partial charge is 0.442 e. The van der Waals surface area contributed by atoms with Crippen molar-refractivity contribution in [2.45, 2.75) is 13.0 Å². The molecule has 0 unspecified atom stereocenters. The highest BCUT2D eigenvalue weighted by Crippen LogP contribution is 2.25. The van der Waals surface area contributed by atoms with Crippen LogP contribution >= 0.6 is 0 Å². The van der Waals surface area contributed by atoms with Crippen molar-refractivity contribution < 1.29 is 23.5 Å². The van der Waals surface area contributed by atoms with Gasteiger partial charge in [-0.1, -0.05) is 0 Å². The molecule has 3 N–H and O–H groups in total. The lowest BCUT2D eigenvalue weighted by atomic mass is 10.2. The van der Waals surface area contributed by atoms with Gasteiger partial charge in [0.1, 0.15) is 23.9 Å². The molecule has 0 bridgehead atoms. The number of hydrogen-bond donors (Lipinski definition) is 2. The molecule has 0 saturated carbocycles. The summed E-state index contributed by atoms with van der Waals surface area (Å²) in [4.78, 5) is 44.6. The van der Waals surface area contributed by atoms with Crippen molar-refractivity contribution in [2.24, 2.45) is 0 Å². The van der Waals surface area contributed by atoms with Gasteiger partial charge in [0.2, 0.25) is 11.9 Å². The number of benzene rings is 1. The first kappa shape index (κ1) is 20.1. The first-order valence-corrected chi connectivity index (χ1v) is 9.23. The second-order valence-electron chi connectivity index (χ2n) is 6.82. The quantitative estimate of drug-likeness (QED) is 0.618. The molecule has 1 aliphatic heterocycles. The number of nitrogen functional groups attached to an aromatic ring is 1. The maximum atomic E-state index is 14.8. The van der Waals surface area contributed by atoms with Crippen molar-refractivity contribution in [3.8, 4) is 5.69 Å². The monoisotopic (exact) mass is 427 g/mol. The van der Waals surface area contributed by atoms with E-state index in [0.29, 0.717) is 5.69 Å². The number of ether oxygens (including phenoxy) is 1. The number of nitrogens with two attached hydrogens (primary N) is 1. The van der Waals surface area contributed by atoms with Crippen molar-refractivity contribution in [1.29, 1.82) is 0 Å². The number of rotatable bonds is 5. The van der Waals surface area contributed by atoms with E-state index in [0.717, 1.165) is 4.57 Å². The molecule has 1 aliphatic rings. The Bertz CT molecular complexity index is 1170. The van der Waals surface area contributed by atoms with Crippen molar-refractivity contribution in [2.75, 3.05) is 23.7 Å². The van der Waals surface area contributed by atoms with Gasteiger partial charge in [0.25, 0.3) is 5.91 Å². The first-order chi connectivity index (χ1) is 14.8. The molecule has 1 fully saturated rings. The van der Waals surface area contributed by atoms with E-state index < -0.39 is 23.9 Å². The van der Waals surface area contributed by atoms with Crippen LogP contribution in [-0.2, 0) is 9.53 Å². The summed E-state index contributed by atoms with van der Waals surface area (Å²) >= 11 is 0. The number of hydrogen-bond acceptors (Lipinski definition) is 7. The molecule has 160 valence electrons. The van der Waals surface area contributed by atoms with Crippen molar-refractivity contribution in [3.05, 3.63) is 54.6 Å². The van der Waals surface area contributed by atoms with E-state index >= 15 is 0 Å². The maximum Gasteiger partial charge on any atom is 0.414 e. The average molecular weight is 427 g/mol. The second-order valence-corrected chi connectivity index (χ2v) is 6.82. The number of anilines is 2. The zero-order chi connectivity index (χ0) is 22.1. The van der Waals surface area contributed by atoms with Gasteiger partial charge >= 0.3 is 6.09 Å². The van der Waals surface area contributed by atoms with Crippen molar-refractivity contribution >= 4 is 29.5 Å². The fourth-order valence-corrected chi connectivity index (χ4v) is 3.14. The van der Waals surface area contributed by atoms with Gasteiger partial charge in [0.15, 0.2) is 0 Å². The highest BCUT2D eigenvalue weighted by atomic mass is 19.1. The van der Waals surface area contributed by atoms with E-state index in [-0.39, 0.29) is 36.3 Å². The van der Waals surface area contributed by atoms with Gasteiger partial charge in [-0.05, 0) is 18.2 Å². The number of imidazole rings is 2. The van der Waals surface area contributed by atoms with Crippen LogP contribution < -0.4 is 16.0 Å². The number of nitrogens with zero attached hydrogens (tertiary/aromatic N) is 5. The SMILES string of the molecule is CC(=O)NC[C@H]1CN(c2ccc(-n3cnc(C(=O)n4ccnc4N)c3)c(F)c2)C(=O)O1. The smallest absolute Gasteiger partial charge is 0.414 e. The first-order valence-electron chi connectivity index (χ1n) is 9.23. The number of cyclic esters (lactones) is 1. The Morgan fingerprint density at radius 1 is 1.35 bits per heavy atom. The molecular weight excluding hydrogens is 409 g/mol. The molecule has 12 heteroatoms. The van der Waals surface area contributed by atoms with Crippen LogP contribution in [0.4, 0.5) is 20.8 Å². The molecule has 1 saturated heterocycles. The van der Waals surface area contributed by atoms with E-state index in [9.17, 15) is 18.8 Å². The predicted molar refractivity (Wildman–Crippen MR) is 106 cm³/mol. The number of carbonyl (C=O) groups excluding carboxylic acids is 3. The van der Waals surface area contributed by atoms with Gasteiger partial charge in [-0.25, -0.2) is 19.2 Å². The third kappa shape index (κ3) is 3.95. The minimum atomic E-state index is -0.630. The molecule has 2 aromatic heterocycles. The summed E-state index contributed by atoms with van der Waals surface area (Å²) in [6.45, 7) is 1.71. The lowest BCUT2D eigenvalue weighted by Gasteiger charge is -2.14. The van der Waals surface area contributed by atoms with Crippen LogP contribution in [0, 0.1) is 5.82 Å². The molecular formula is C19H18FN7O4. The number of nitrogens with one attached hydrogen (secondary N) is 1. The van der Waals surface area contributed by atoms with E-state index in [1.165, 1.54) is 53.4 Å².